The van der Waals surface area contributed by atoms with Gasteiger partial charge in [0.1, 0.15) is 0 Å². The Labute approximate surface area is 104 Å². The Morgan fingerprint density at radius 2 is 1.78 bits per heavy atom. The molecule has 0 radical (unpaired) electrons. The first-order valence-electron chi connectivity index (χ1n) is 5.43. The number of rotatable bonds is 4. The lowest BCUT2D eigenvalue weighted by Crippen LogP contribution is -2.43. The van der Waals surface area contributed by atoms with Crippen molar-refractivity contribution in [3.05, 3.63) is 35.9 Å². The lowest BCUT2D eigenvalue weighted by molar-refractivity contribution is -0.148. The summed E-state index contributed by atoms with van der Waals surface area (Å²) in [6.45, 7) is 1.21. The van der Waals surface area contributed by atoms with E-state index >= 15 is 0 Å². The molecule has 0 aliphatic carbocycles. The standard InChI is InChI=1S/C12H14N2O4/c1-2-11(16)18-8-10(15)13-14-12(17)9-6-4-3-5-7-9/h3-7H,2,8H2,1H3,(H,13,15)(H,14,17). The molecule has 0 saturated heterocycles. The Bertz CT molecular complexity index is 431. The molecule has 1 aromatic carbocycles. The molecule has 0 aliphatic heterocycles. The quantitative estimate of drug-likeness (QED) is 0.598. The van der Waals surface area contributed by atoms with Crippen molar-refractivity contribution in [2.45, 2.75) is 13.3 Å². The minimum absolute atomic E-state index is 0.198. The number of benzene rings is 1. The van der Waals surface area contributed by atoms with E-state index in [4.69, 9.17) is 0 Å². The van der Waals surface area contributed by atoms with Gasteiger partial charge in [-0.25, -0.2) is 0 Å². The van der Waals surface area contributed by atoms with E-state index in [1.54, 1.807) is 37.3 Å². The third kappa shape index (κ3) is 4.65. The van der Waals surface area contributed by atoms with Crippen molar-refractivity contribution in [3.63, 3.8) is 0 Å². The third-order valence-electron chi connectivity index (χ3n) is 2.00. The maximum atomic E-state index is 11.5. The summed E-state index contributed by atoms with van der Waals surface area (Å²) in [6.07, 6.45) is 0.198. The van der Waals surface area contributed by atoms with Gasteiger partial charge in [0, 0.05) is 12.0 Å². The molecule has 0 heterocycles. The highest BCUT2D eigenvalue weighted by molar-refractivity contribution is 5.95. The van der Waals surface area contributed by atoms with Crippen LogP contribution in [0.3, 0.4) is 0 Å². The lowest BCUT2D eigenvalue weighted by Gasteiger charge is -2.07. The van der Waals surface area contributed by atoms with Crippen LogP contribution >= 0.6 is 0 Å². The molecule has 0 spiro atoms. The fourth-order valence-corrected chi connectivity index (χ4v) is 1.07. The van der Waals surface area contributed by atoms with E-state index in [9.17, 15) is 14.4 Å². The van der Waals surface area contributed by atoms with E-state index in [0.717, 1.165) is 0 Å². The summed E-state index contributed by atoms with van der Waals surface area (Å²) in [5, 5.41) is 0. The third-order valence-corrected chi connectivity index (χ3v) is 2.00. The van der Waals surface area contributed by atoms with Crippen LogP contribution in [0.4, 0.5) is 0 Å². The van der Waals surface area contributed by atoms with Crippen LogP contribution in [0.1, 0.15) is 23.7 Å². The molecule has 6 nitrogen and oxygen atoms in total. The average Bonchev–Trinajstić information content (AvgIpc) is 2.42. The topological polar surface area (TPSA) is 84.5 Å². The predicted octanol–water partition coefficient (Wildman–Crippen LogP) is 0.401. The second-order valence-electron chi connectivity index (χ2n) is 3.38. The highest BCUT2D eigenvalue weighted by Gasteiger charge is 2.08. The molecule has 1 rings (SSSR count). The normalized spacial score (nSPS) is 9.39. The van der Waals surface area contributed by atoms with Crippen molar-refractivity contribution < 1.29 is 19.1 Å². The van der Waals surface area contributed by atoms with E-state index in [2.05, 4.69) is 15.6 Å². The van der Waals surface area contributed by atoms with Gasteiger partial charge in [-0.3, -0.25) is 25.2 Å². The van der Waals surface area contributed by atoms with E-state index in [1.807, 2.05) is 0 Å². The van der Waals surface area contributed by atoms with Crippen LogP contribution in [0, 0.1) is 0 Å². The molecule has 0 aromatic heterocycles. The van der Waals surface area contributed by atoms with Crippen LogP contribution in [-0.4, -0.2) is 24.4 Å². The zero-order chi connectivity index (χ0) is 13.4. The molecule has 18 heavy (non-hydrogen) atoms. The van der Waals surface area contributed by atoms with E-state index in [1.165, 1.54) is 0 Å². The van der Waals surface area contributed by atoms with Gasteiger partial charge in [0.15, 0.2) is 6.61 Å². The van der Waals surface area contributed by atoms with Crippen LogP contribution in [0.25, 0.3) is 0 Å². The Balaban J connectivity index is 2.31. The number of hydrogen-bond acceptors (Lipinski definition) is 4. The number of esters is 1. The Morgan fingerprint density at radius 1 is 1.11 bits per heavy atom. The first-order chi connectivity index (χ1) is 8.63. The highest BCUT2D eigenvalue weighted by Crippen LogP contribution is 1.96. The van der Waals surface area contributed by atoms with Gasteiger partial charge in [0.2, 0.25) is 0 Å². The molecule has 96 valence electrons. The van der Waals surface area contributed by atoms with Gasteiger partial charge in [0.05, 0.1) is 0 Å². The van der Waals surface area contributed by atoms with Gasteiger partial charge in [-0.15, -0.1) is 0 Å². The van der Waals surface area contributed by atoms with Gasteiger partial charge in [-0.05, 0) is 12.1 Å². The van der Waals surface area contributed by atoms with Crippen LogP contribution < -0.4 is 10.9 Å². The summed E-state index contributed by atoms with van der Waals surface area (Å²) in [5.41, 5.74) is 4.78. The van der Waals surface area contributed by atoms with E-state index in [-0.39, 0.29) is 6.42 Å². The molecular weight excluding hydrogens is 236 g/mol. The smallest absolute Gasteiger partial charge is 0.306 e. The Kier molecular flexibility index (Phi) is 5.37. The van der Waals surface area contributed by atoms with Crippen LogP contribution in [-0.2, 0) is 14.3 Å². The molecule has 0 aliphatic rings. The SMILES string of the molecule is CCC(=O)OCC(=O)NNC(=O)c1ccccc1. The minimum Gasteiger partial charge on any atom is -0.456 e. The van der Waals surface area contributed by atoms with Crippen LogP contribution in [0.5, 0.6) is 0 Å². The molecule has 1 aromatic rings. The molecule has 0 saturated carbocycles. The van der Waals surface area contributed by atoms with Gasteiger partial charge in [-0.2, -0.15) is 0 Å². The van der Waals surface area contributed by atoms with Crippen molar-refractivity contribution in [1.82, 2.24) is 10.9 Å². The minimum atomic E-state index is -0.596. The van der Waals surface area contributed by atoms with E-state index < -0.39 is 24.4 Å². The summed E-state index contributed by atoms with van der Waals surface area (Å²) in [6, 6.07) is 8.41. The Morgan fingerprint density at radius 3 is 2.39 bits per heavy atom. The van der Waals surface area contributed by atoms with Gasteiger partial charge in [0.25, 0.3) is 11.8 Å². The molecule has 6 heteroatoms. The second-order valence-corrected chi connectivity index (χ2v) is 3.38. The first kappa shape index (κ1) is 13.7. The van der Waals surface area contributed by atoms with Crippen molar-refractivity contribution in [2.24, 2.45) is 0 Å². The monoisotopic (exact) mass is 250 g/mol. The molecule has 2 N–H and O–H groups in total. The molecule has 0 bridgehead atoms. The van der Waals surface area contributed by atoms with Gasteiger partial charge in [-0.1, -0.05) is 25.1 Å². The second kappa shape index (κ2) is 7.05. The van der Waals surface area contributed by atoms with E-state index in [0.29, 0.717) is 5.56 Å². The van der Waals surface area contributed by atoms with Gasteiger partial charge >= 0.3 is 5.97 Å². The average molecular weight is 250 g/mol. The molecular formula is C12H14N2O4. The number of ether oxygens (including phenoxy) is 1. The largest absolute Gasteiger partial charge is 0.456 e. The summed E-state index contributed by atoms with van der Waals surface area (Å²) >= 11 is 0. The van der Waals surface area contributed by atoms with Crippen molar-refractivity contribution in [2.75, 3.05) is 6.61 Å². The van der Waals surface area contributed by atoms with Crippen LogP contribution in [0.15, 0.2) is 30.3 Å². The van der Waals surface area contributed by atoms with Gasteiger partial charge < -0.3 is 4.74 Å². The Hall–Kier alpha value is -2.37. The predicted molar refractivity (Wildman–Crippen MR) is 63.3 cm³/mol. The lowest BCUT2D eigenvalue weighted by atomic mass is 10.2. The zero-order valence-electron chi connectivity index (χ0n) is 9.93. The fraction of sp³-hybridized carbons (Fsp3) is 0.250. The first-order valence-corrected chi connectivity index (χ1v) is 5.43. The summed E-state index contributed by atoms with van der Waals surface area (Å²) < 4.78 is 4.59. The molecule has 2 amide bonds. The molecule has 0 atom stereocenters. The summed E-state index contributed by atoms with van der Waals surface area (Å²) in [7, 11) is 0. The number of carbonyl (C=O) groups excluding carboxylic acids is 3. The summed E-state index contributed by atoms with van der Waals surface area (Å²) in [5.74, 6) is -1.51. The number of hydrogen-bond donors (Lipinski definition) is 2. The number of amides is 2. The number of carbonyl (C=O) groups is 3. The van der Waals surface area contributed by atoms with Crippen molar-refractivity contribution in [1.29, 1.82) is 0 Å². The number of nitrogens with one attached hydrogen (secondary N) is 2. The maximum Gasteiger partial charge on any atom is 0.306 e. The summed E-state index contributed by atoms with van der Waals surface area (Å²) in [4.78, 5) is 33.5. The molecule has 0 fully saturated rings. The molecule has 0 unspecified atom stereocenters. The zero-order valence-corrected chi connectivity index (χ0v) is 9.93. The highest BCUT2D eigenvalue weighted by atomic mass is 16.5. The number of hydrazine groups is 1. The van der Waals surface area contributed by atoms with Crippen molar-refractivity contribution in [3.8, 4) is 0 Å². The van der Waals surface area contributed by atoms with Crippen molar-refractivity contribution >= 4 is 17.8 Å². The maximum absolute atomic E-state index is 11.5. The van der Waals surface area contributed by atoms with Crippen LogP contribution in [0.2, 0.25) is 0 Å². The fourth-order valence-electron chi connectivity index (χ4n) is 1.07.